The molecule has 1 aliphatic rings. The Bertz CT molecular complexity index is 453. The summed E-state index contributed by atoms with van der Waals surface area (Å²) in [5.41, 5.74) is 1.42. The van der Waals surface area contributed by atoms with Crippen molar-refractivity contribution >= 4 is 5.97 Å². The van der Waals surface area contributed by atoms with Gasteiger partial charge in [0.05, 0.1) is 14.2 Å². The molecule has 1 aliphatic heterocycles. The van der Waals surface area contributed by atoms with Gasteiger partial charge in [0.1, 0.15) is 11.7 Å². The second-order valence-corrected chi connectivity index (χ2v) is 4.30. The van der Waals surface area contributed by atoms with Crippen molar-refractivity contribution in [2.24, 2.45) is 0 Å². The van der Waals surface area contributed by atoms with E-state index in [1.54, 1.807) is 7.11 Å². The zero-order valence-electron chi connectivity index (χ0n) is 11.0. The number of esters is 1. The SMILES string of the molecule is CCCCC1OC(=O)c2c1ccc(OC)c2OC. The Balaban J connectivity index is 2.41. The third-order valence-corrected chi connectivity index (χ3v) is 3.20. The molecule has 0 N–H and O–H groups in total. The topological polar surface area (TPSA) is 44.8 Å². The number of methoxy groups -OCH3 is 2. The van der Waals surface area contributed by atoms with Crippen LogP contribution < -0.4 is 9.47 Å². The molecule has 1 heterocycles. The molecule has 4 heteroatoms. The molecule has 0 saturated carbocycles. The van der Waals surface area contributed by atoms with Crippen molar-refractivity contribution in [1.82, 2.24) is 0 Å². The van der Waals surface area contributed by atoms with Crippen LogP contribution in [-0.2, 0) is 4.74 Å². The van der Waals surface area contributed by atoms with Gasteiger partial charge in [-0.1, -0.05) is 19.4 Å². The van der Waals surface area contributed by atoms with E-state index in [-0.39, 0.29) is 12.1 Å². The Morgan fingerprint density at radius 1 is 1.28 bits per heavy atom. The smallest absolute Gasteiger partial charge is 0.343 e. The minimum absolute atomic E-state index is 0.146. The first kappa shape index (κ1) is 12.7. The van der Waals surface area contributed by atoms with E-state index in [9.17, 15) is 4.79 Å². The van der Waals surface area contributed by atoms with Crippen molar-refractivity contribution in [3.63, 3.8) is 0 Å². The lowest BCUT2D eigenvalue weighted by Crippen LogP contribution is -2.00. The van der Waals surface area contributed by atoms with Crippen LogP contribution in [0.2, 0.25) is 0 Å². The van der Waals surface area contributed by atoms with Crippen LogP contribution in [0.4, 0.5) is 0 Å². The van der Waals surface area contributed by atoms with Crippen molar-refractivity contribution in [1.29, 1.82) is 0 Å². The van der Waals surface area contributed by atoms with Gasteiger partial charge in [0.2, 0.25) is 0 Å². The van der Waals surface area contributed by atoms with Crippen LogP contribution in [0.5, 0.6) is 11.5 Å². The molecule has 0 amide bonds. The molecule has 1 atom stereocenters. The van der Waals surface area contributed by atoms with Crippen molar-refractivity contribution in [3.8, 4) is 11.5 Å². The molecule has 1 unspecified atom stereocenters. The van der Waals surface area contributed by atoms with Crippen LogP contribution in [0.3, 0.4) is 0 Å². The molecule has 18 heavy (non-hydrogen) atoms. The van der Waals surface area contributed by atoms with E-state index in [0.717, 1.165) is 24.8 Å². The Labute approximate surface area is 107 Å². The second kappa shape index (κ2) is 5.29. The summed E-state index contributed by atoms with van der Waals surface area (Å²) in [6.45, 7) is 2.12. The quantitative estimate of drug-likeness (QED) is 0.753. The van der Waals surface area contributed by atoms with Crippen molar-refractivity contribution in [3.05, 3.63) is 23.3 Å². The summed E-state index contributed by atoms with van der Waals surface area (Å²) in [7, 11) is 3.09. The molecule has 4 nitrogen and oxygen atoms in total. The number of rotatable bonds is 5. The van der Waals surface area contributed by atoms with E-state index in [1.165, 1.54) is 7.11 Å². The number of hydrogen-bond donors (Lipinski definition) is 0. The van der Waals surface area contributed by atoms with Crippen molar-refractivity contribution in [2.75, 3.05) is 14.2 Å². The number of ether oxygens (including phenoxy) is 3. The zero-order chi connectivity index (χ0) is 13.1. The fourth-order valence-corrected chi connectivity index (χ4v) is 2.28. The predicted octanol–water partition coefficient (Wildman–Crippen LogP) is 3.11. The van der Waals surface area contributed by atoms with Crippen LogP contribution in [0.1, 0.15) is 48.2 Å². The van der Waals surface area contributed by atoms with Gasteiger partial charge in [-0.2, -0.15) is 0 Å². The summed E-state index contributed by atoms with van der Waals surface area (Å²) in [4.78, 5) is 11.9. The minimum Gasteiger partial charge on any atom is -0.493 e. The molecular formula is C14H18O4. The molecule has 2 rings (SSSR count). The van der Waals surface area contributed by atoms with Gasteiger partial charge in [-0.3, -0.25) is 0 Å². The number of fused-ring (bicyclic) bond motifs is 1. The lowest BCUT2D eigenvalue weighted by atomic mass is 10.00. The van der Waals surface area contributed by atoms with E-state index in [1.807, 2.05) is 12.1 Å². The van der Waals surface area contributed by atoms with Gasteiger partial charge < -0.3 is 14.2 Å². The van der Waals surface area contributed by atoms with Gasteiger partial charge in [0.15, 0.2) is 11.5 Å². The molecule has 0 bridgehead atoms. The summed E-state index contributed by atoms with van der Waals surface area (Å²) in [6, 6.07) is 3.71. The first-order valence-electron chi connectivity index (χ1n) is 6.18. The highest BCUT2D eigenvalue weighted by molar-refractivity contribution is 5.98. The molecule has 1 aromatic carbocycles. The van der Waals surface area contributed by atoms with Gasteiger partial charge in [0, 0.05) is 5.56 Å². The molecule has 1 aromatic rings. The maximum atomic E-state index is 11.9. The average Bonchev–Trinajstić information content (AvgIpc) is 2.72. The molecule has 0 radical (unpaired) electrons. The van der Waals surface area contributed by atoms with Gasteiger partial charge in [-0.05, 0) is 18.9 Å². The third-order valence-electron chi connectivity index (χ3n) is 3.20. The summed E-state index contributed by atoms with van der Waals surface area (Å²) >= 11 is 0. The number of unbranched alkanes of at least 4 members (excludes halogenated alkanes) is 1. The first-order valence-corrected chi connectivity index (χ1v) is 6.18. The fraction of sp³-hybridized carbons (Fsp3) is 0.500. The molecular weight excluding hydrogens is 232 g/mol. The predicted molar refractivity (Wildman–Crippen MR) is 67.2 cm³/mol. The third kappa shape index (κ3) is 2.03. The van der Waals surface area contributed by atoms with Crippen LogP contribution >= 0.6 is 0 Å². The van der Waals surface area contributed by atoms with Gasteiger partial charge >= 0.3 is 5.97 Å². The molecule has 0 saturated heterocycles. The molecule has 0 fully saturated rings. The number of benzene rings is 1. The zero-order valence-corrected chi connectivity index (χ0v) is 11.0. The van der Waals surface area contributed by atoms with E-state index >= 15 is 0 Å². The molecule has 0 aliphatic carbocycles. The van der Waals surface area contributed by atoms with Gasteiger partial charge in [-0.25, -0.2) is 4.79 Å². The number of carbonyl (C=O) groups excluding carboxylic acids is 1. The van der Waals surface area contributed by atoms with Crippen LogP contribution in [-0.4, -0.2) is 20.2 Å². The van der Waals surface area contributed by atoms with Crippen molar-refractivity contribution < 1.29 is 19.0 Å². The molecule has 0 aromatic heterocycles. The average molecular weight is 250 g/mol. The standard InChI is InChI=1S/C14H18O4/c1-4-5-6-10-9-7-8-11(16-2)13(17-3)12(9)14(15)18-10/h7-8,10H,4-6H2,1-3H3. The van der Waals surface area contributed by atoms with Crippen LogP contribution in [0.15, 0.2) is 12.1 Å². The summed E-state index contributed by atoms with van der Waals surface area (Å²) < 4.78 is 15.9. The van der Waals surface area contributed by atoms with Crippen LogP contribution in [0, 0.1) is 0 Å². The normalized spacial score (nSPS) is 17.3. The Morgan fingerprint density at radius 2 is 2.06 bits per heavy atom. The fourth-order valence-electron chi connectivity index (χ4n) is 2.28. The number of hydrogen-bond acceptors (Lipinski definition) is 4. The lowest BCUT2D eigenvalue weighted by molar-refractivity contribution is 0.0362. The largest absolute Gasteiger partial charge is 0.493 e. The van der Waals surface area contributed by atoms with E-state index < -0.39 is 0 Å². The lowest BCUT2D eigenvalue weighted by Gasteiger charge is -2.11. The maximum Gasteiger partial charge on any atom is 0.343 e. The Kier molecular flexibility index (Phi) is 3.75. The molecule has 98 valence electrons. The highest BCUT2D eigenvalue weighted by Crippen LogP contribution is 2.43. The molecule has 0 spiro atoms. The first-order chi connectivity index (χ1) is 8.72. The second-order valence-electron chi connectivity index (χ2n) is 4.30. The van der Waals surface area contributed by atoms with Gasteiger partial charge in [0.25, 0.3) is 0 Å². The summed E-state index contributed by atoms with van der Waals surface area (Å²) in [5, 5.41) is 0. The monoisotopic (exact) mass is 250 g/mol. The Morgan fingerprint density at radius 3 is 2.67 bits per heavy atom. The Hall–Kier alpha value is -1.71. The van der Waals surface area contributed by atoms with E-state index in [0.29, 0.717) is 17.1 Å². The highest BCUT2D eigenvalue weighted by Gasteiger charge is 2.35. The number of carbonyl (C=O) groups is 1. The van der Waals surface area contributed by atoms with Crippen LogP contribution in [0.25, 0.3) is 0 Å². The minimum atomic E-state index is -0.318. The number of cyclic esters (lactones) is 1. The summed E-state index contributed by atoms with van der Waals surface area (Å²) in [6.07, 6.45) is 2.82. The maximum absolute atomic E-state index is 11.9. The van der Waals surface area contributed by atoms with Gasteiger partial charge in [-0.15, -0.1) is 0 Å². The van der Waals surface area contributed by atoms with E-state index in [4.69, 9.17) is 14.2 Å². The highest BCUT2D eigenvalue weighted by atomic mass is 16.6. The summed E-state index contributed by atoms with van der Waals surface area (Å²) in [5.74, 6) is 0.713. The van der Waals surface area contributed by atoms with Crippen molar-refractivity contribution in [2.45, 2.75) is 32.3 Å². The van der Waals surface area contributed by atoms with E-state index in [2.05, 4.69) is 6.92 Å².